The van der Waals surface area contributed by atoms with E-state index in [9.17, 15) is 14.9 Å². The summed E-state index contributed by atoms with van der Waals surface area (Å²) in [6.07, 6.45) is 1.45. The average Bonchev–Trinajstić information content (AvgIpc) is 3.41. The summed E-state index contributed by atoms with van der Waals surface area (Å²) in [6.45, 7) is 1.19. The minimum Gasteiger partial charge on any atom is -0.497 e. The Hall–Kier alpha value is -3.24. The van der Waals surface area contributed by atoms with Gasteiger partial charge in [-0.3, -0.25) is 14.9 Å². The predicted molar refractivity (Wildman–Crippen MR) is 124 cm³/mol. The third kappa shape index (κ3) is 3.98. The lowest BCUT2D eigenvalue weighted by molar-refractivity contribution is -0.384. The molecule has 4 aromatic rings. The van der Waals surface area contributed by atoms with Gasteiger partial charge in [0.05, 0.1) is 27.1 Å². The van der Waals surface area contributed by atoms with Crippen molar-refractivity contribution in [2.75, 3.05) is 20.2 Å². The molecule has 2 aromatic carbocycles. The third-order valence-electron chi connectivity index (χ3n) is 5.49. The van der Waals surface area contributed by atoms with E-state index in [1.54, 1.807) is 19.2 Å². The van der Waals surface area contributed by atoms with E-state index in [2.05, 4.69) is 4.98 Å². The fraction of sp³-hybridized carbons (Fsp3) is 0.273. The van der Waals surface area contributed by atoms with Gasteiger partial charge < -0.3 is 14.4 Å². The Kier molecular flexibility index (Phi) is 5.40. The molecule has 1 aliphatic heterocycles. The molecule has 1 amide bonds. The van der Waals surface area contributed by atoms with Gasteiger partial charge in [0, 0.05) is 48.2 Å². The van der Waals surface area contributed by atoms with E-state index in [-0.39, 0.29) is 17.7 Å². The Morgan fingerprint density at radius 2 is 1.94 bits per heavy atom. The van der Waals surface area contributed by atoms with Crippen LogP contribution in [0.2, 0.25) is 0 Å². The van der Waals surface area contributed by atoms with Crippen LogP contribution in [0.25, 0.3) is 20.3 Å². The number of amides is 1. The average molecular weight is 470 g/mol. The van der Waals surface area contributed by atoms with Crippen LogP contribution in [0.3, 0.4) is 0 Å². The highest BCUT2D eigenvalue weighted by Crippen LogP contribution is 2.33. The standard InChI is InChI=1S/C22H19N3O5S2/c1-29-16-3-4-17-19(12-16)32-22(23-17)30-15-6-8-24(9-7-15)21(26)20-11-13-10-14(25(27)28)2-5-18(13)31-20/h2-5,10-12,15H,6-9H2,1H3. The maximum Gasteiger partial charge on any atom is 0.274 e. The van der Waals surface area contributed by atoms with Gasteiger partial charge in [-0.1, -0.05) is 11.3 Å². The maximum atomic E-state index is 13.0. The molecule has 1 saturated heterocycles. The van der Waals surface area contributed by atoms with Crippen molar-refractivity contribution in [1.82, 2.24) is 9.88 Å². The normalized spacial score (nSPS) is 14.7. The number of thiophene rings is 1. The molecule has 0 N–H and O–H groups in total. The van der Waals surface area contributed by atoms with Crippen LogP contribution in [0, 0.1) is 10.1 Å². The number of ether oxygens (including phenoxy) is 2. The highest BCUT2D eigenvalue weighted by Gasteiger charge is 2.26. The summed E-state index contributed by atoms with van der Waals surface area (Å²) in [5.74, 6) is 0.745. The van der Waals surface area contributed by atoms with Crippen molar-refractivity contribution in [3.8, 4) is 10.9 Å². The number of nitrogens with zero attached hydrogens (tertiary/aromatic N) is 3. The van der Waals surface area contributed by atoms with Crippen LogP contribution in [-0.2, 0) is 0 Å². The van der Waals surface area contributed by atoms with Gasteiger partial charge in [-0.15, -0.1) is 11.3 Å². The molecule has 0 aliphatic carbocycles. The number of methoxy groups -OCH3 is 1. The molecule has 1 fully saturated rings. The maximum absolute atomic E-state index is 13.0. The molecule has 0 unspecified atom stereocenters. The van der Waals surface area contributed by atoms with E-state index >= 15 is 0 Å². The van der Waals surface area contributed by atoms with Crippen molar-refractivity contribution >= 4 is 54.6 Å². The Morgan fingerprint density at radius 3 is 2.69 bits per heavy atom. The molecule has 3 heterocycles. The second-order valence-corrected chi connectivity index (χ2v) is 9.59. The first-order valence-corrected chi connectivity index (χ1v) is 11.7. The van der Waals surface area contributed by atoms with Crippen molar-refractivity contribution in [2.45, 2.75) is 18.9 Å². The number of thiazole rings is 1. The number of benzene rings is 2. The van der Waals surface area contributed by atoms with Gasteiger partial charge in [-0.05, 0) is 30.3 Å². The number of likely N-dealkylation sites (tertiary alicyclic amines) is 1. The van der Waals surface area contributed by atoms with Crippen LogP contribution in [0.5, 0.6) is 10.9 Å². The molecule has 8 nitrogen and oxygen atoms in total. The summed E-state index contributed by atoms with van der Waals surface area (Å²) in [5, 5.41) is 12.3. The molecular formula is C22H19N3O5S2. The summed E-state index contributed by atoms with van der Waals surface area (Å²) in [5.41, 5.74) is 0.906. The molecule has 2 aromatic heterocycles. The highest BCUT2D eigenvalue weighted by molar-refractivity contribution is 7.21. The van der Waals surface area contributed by atoms with Crippen LogP contribution in [-0.4, -0.2) is 47.0 Å². The van der Waals surface area contributed by atoms with Crippen LogP contribution in [0.15, 0.2) is 42.5 Å². The Bertz CT molecular complexity index is 1320. The van der Waals surface area contributed by atoms with Gasteiger partial charge in [-0.25, -0.2) is 4.98 Å². The van der Waals surface area contributed by atoms with Gasteiger partial charge in [0.1, 0.15) is 11.9 Å². The molecule has 0 atom stereocenters. The molecule has 1 aliphatic rings. The topological polar surface area (TPSA) is 94.8 Å². The molecule has 164 valence electrons. The van der Waals surface area contributed by atoms with E-state index in [1.165, 1.54) is 34.8 Å². The lowest BCUT2D eigenvalue weighted by Crippen LogP contribution is -2.41. The van der Waals surface area contributed by atoms with Gasteiger partial charge in [-0.2, -0.15) is 0 Å². The lowest BCUT2D eigenvalue weighted by Gasteiger charge is -2.31. The summed E-state index contributed by atoms with van der Waals surface area (Å²) in [4.78, 5) is 30.5. The zero-order valence-corrected chi connectivity index (χ0v) is 18.8. The van der Waals surface area contributed by atoms with Crippen molar-refractivity contribution < 1.29 is 19.2 Å². The molecule has 0 spiro atoms. The quantitative estimate of drug-likeness (QED) is 0.298. The Morgan fingerprint density at radius 1 is 1.12 bits per heavy atom. The van der Waals surface area contributed by atoms with Crippen molar-refractivity contribution in [3.63, 3.8) is 0 Å². The monoisotopic (exact) mass is 469 g/mol. The Balaban J connectivity index is 1.23. The zero-order chi connectivity index (χ0) is 22.2. The number of piperidine rings is 1. The summed E-state index contributed by atoms with van der Waals surface area (Å²) in [7, 11) is 1.64. The minimum atomic E-state index is -0.425. The van der Waals surface area contributed by atoms with Gasteiger partial charge >= 0.3 is 0 Å². The highest BCUT2D eigenvalue weighted by atomic mass is 32.1. The molecule has 0 saturated carbocycles. The first-order valence-electron chi connectivity index (χ1n) is 10.1. The number of nitro benzene ring substituents is 1. The number of aromatic nitrogens is 1. The van der Waals surface area contributed by atoms with Gasteiger partial charge in [0.15, 0.2) is 0 Å². The van der Waals surface area contributed by atoms with E-state index < -0.39 is 4.92 Å². The van der Waals surface area contributed by atoms with Crippen LogP contribution >= 0.6 is 22.7 Å². The summed E-state index contributed by atoms with van der Waals surface area (Å²) in [6, 6.07) is 12.2. The van der Waals surface area contributed by atoms with Gasteiger partial charge in [0.2, 0.25) is 0 Å². The molecule has 0 radical (unpaired) electrons. The summed E-state index contributed by atoms with van der Waals surface area (Å²) >= 11 is 2.85. The van der Waals surface area contributed by atoms with E-state index in [0.717, 1.165) is 38.9 Å². The van der Waals surface area contributed by atoms with Crippen LogP contribution in [0.4, 0.5) is 5.69 Å². The number of carbonyl (C=O) groups is 1. The third-order valence-corrected chi connectivity index (χ3v) is 7.51. The summed E-state index contributed by atoms with van der Waals surface area (Å²) < 4.78 is 13.2. The number of non-ortho nitro benzene ring substituents is 1. The minimum absolute atomic E-state index is 0.00608. The molecule has 5 rings (SSSR count). The first kappa shape index (κ1) is 20.7. The lowest BCUT2D eigenvalue weighted by atomic mass is 10.1. The molecule has 32 heavy (non-hydrogen) atoms. The molecule has 0 bridgehead atoms. The SMILES string of the molecule is COc1ccc2nc(OC3CCN(C(=O)c4cc5cc([N+](=O)[O-])ccc5s4)CC3)sc2c1. The van der Waals surface area contributed by atoms with E-state index in [4.69, 9.17) is 9.47 Å². The number of carbonyl (C=O) groups excluding carboxylic acids is 1. The van der Waals surface area contributed by atoms with E-state index in [1.807, 2.05) is 23.1 Å². The largest absolute Gasteiger partial charge is 0.497 e. The molecular weight excluding hydrogens is 450 g/mol. The van der Waals surface area contributed by atoms with Crippen LogP contribution in [0.1, 0.15) is 22.5 Å². The Labute approximate surface area is 191 Å². The zero-order valence-electron chi connectivity index (χ0n) is 17.1. The van der Waals surface area contributed by atoms with Crippen LogP contribution < -0.4 is 9.47 Å². The smallest absolute Gasteiger partial charge is 0.274 e. The fourth-order valence-electron chi connectivity index (χ4n) is 3.79. The number of hydrogen-bond donors (Lipinski definition) is 0. The number of fused-ring (bicyclic) bond motifs is 2. The number of rotatable bonds is 5. The second-order valence-electron chi connectivity index (χ2n) is 7.51. The first-order chi connectivity index (χ1) is 15.5. The van der Waals surface area contributed by atoms with Crippen molar-refractivity contribution in [1.29, 1.82) is 0 Å². The second kappa shape index (κ2) is 8.36. The van der Waals surface area contributed by atoms with Crippen molar-refractivity contribution in [3.05, 3.63) is 57.5 Å². The number of hydrogen-bond acceptors (Lipinski definition) is 8. The molecule has 10 heteroatoms. The van der Waals surface area contributed by atoms with Crippen molar-refractivity contribution in [2.24, 2.45) is 0 Å². The van der Waals surface area contributed by atoms with E-state index in [0.29, 0.717) is 23.2 Å². The van der Waals surface area contributed by atoms with Gasteiger partial charge in [0.25, 0.3) is 16.8 Å². The predicted octanol–water partition coefficient (Wildman–Crippen LogP) is 5.11. The fourth-order valence-corrected chi connectivity index (χ4v) is 5.71. The number of nitro groups is 1.